The van der Waals surface area contributed by atoms with Gasteiger partial charge in [-0.3, -0.25) is 11.3 Å². The van der Waals surface area contributed by atoms with Gasteiger partial charge in [0, 0.05) is 7.05 Å². The zero-order valence-corrected chi connectivity index (χ0v) is 11.4. The molecule has 0 radical (unpaired) electrons. The summed E-state index contributed by atoms with van der Waals surface area (Å²) in [4.78, 5) is 0. The highest BCUT2D eigenvalue weighted by atomic mass is 79.9. The number of nitrogens with two attached hydrogens (primary N) is 1. The summed E-state index contributed by atoms with van der Waals surface area (Å²) in [5.74, 6) is 5.32. The Morgan fingerprint density at radius 1 is 1.44 bits per heavy atom. The van der Waals surface area contributed by atoms with Crippen LogP contribution in [0.3, 0.4) is 0 Å². The van der Waals surface area contributed by atoms with Crippen LogP contribution < -0.4 is 11.3 Å². The number of nitrogens with one attached hydrogen (secondary N) is 1. The Labute approximate surface area is 112 Å². The topological polar surface area (TPSA) is 68.8 Å². The van der Waals surface area contributed by atoms with Crippen LogP contribution >= 0.6 is 15.9 Å². The van der Waals surface area contributed by atoms with Gasteiger partial charge in [0.05, 0.1) is 11.7 Å². The van der Waals surface area contributed by atoms with E-state index in [1.54, 1.807) is 23.9 Å². The summed E-state index contributed by atoms with van der Waals surface area (Å²) < 4.78 is 15.1. The number of aryl methyl sites for hydroxylation is 1. The molecule has 1 heterocycles. The Morgan fingerprint density at radius 3 is 2.61 bits per heavy atom. The van der Waals surface area contributed by atoms with E-state index in [0.29, 0.717) is 11.0 Å². The van der Waals surface area contributed by atoms with Crippen molar-refractivity contribution < 1.29 is 4.39 Å². The van der Waals surface area contributed by atoms with Gasteiger partial charge < -0.3 is 0 Å². The third-order valence-electron chi connectivity index (χ3n) is 2.71. The molecule has 0 amide bonds. The Bertz CT molecular complexity index is 505. The first-order chi connectivity index (χ1) is 8.61. The predicted molar refractivity (Wildman–Crippen MR) is 68.9 cm³/mol. The minimum Gasteiger partial charge on any atom is -0.271 e. The zero-order chi connectivity index (χ0) is 13.1. The van der Waals surface area contributed by atoms with Crippen LogP contribution in [0.1, 0.15) is 17.3 Å². The molecule has 7 heteroatoms. The first-order valence-electron chi connectivity index (χ1n) is 5.37. The number of hydrazine groups is 1. The van der Waals surface area contributed by atoms with Crippen LogP contribution in [0.25, 0.3) is 0 Å². The van der Waals surface area contributed by atoms with Gasteiger partial charge in [-0.15, -0.1) is 5.10 Å². The van der Waals surface area contributed by atoms with E-state index in [9.17, 15) is 4.39 Å². The first kappa shape index (κ1) is 13.1. The van der Waals surface area contributed by atoms with Crippen molar-refractivity contribution in [3.8, 4) is 0 Å². The third kappa shape index (κ3) is 2.74. The molecule has 1 aromatic heterocycles. The second-order valence-corrected chi connectivity index (χ2v) is 4.69. The fourth-order valence-corrected chi connectivity index (χ4v) is 2.40. The number of rotatable bonds is 4. The molecule has 0 spiro atoms. The van der Waals surface area contributed by atoms with Crippen LogP contribution in [0.2, 0.25) is 0 Å². The van der Waals surface area contributed by atoms with Crippen molar-refractivity contribution in [2.45, 2.75) is 12.5 Å². The van der Waals surface area contributed by atoms with Crippen LogP contribution in [-0.4, -0.2) is 15.0 Å². The molecule has 0 aliphatic heterocycles. The summed E-state index contributed by atoms with van der Waals surface area (Å²) in [6.45, 7) is 0. The average Bonchev–Trinajstić information content (AvgIpc) is 2.69. The van der Waals surface area contributed by atoms with E-state index in [4.69, 9.17) is 5.84 Å². The number of benzene rings is 1. The fourth-order valence-electron chi connectivity index (χ4n) is 1.80. The van der Waals surface area contributed by atoms with Gasteiger partial charge in [-0.2, -0.15) is 0 Å². The molecule has 1 atom stereocenters. The molecule has 3 N–H and O–H groups in total. The molecule has 0 saturated heterocycles. The number of halogens is 2. The molecule has 0 bridgehead atoms. The minimum absolute atomic E-state index is 0.148. The van der Waals surface area contributed by atoms with Crippen molar-refractivity contribution in [1.82, 2.24) is 20.4 Å². The second kappa shape index (κ2) is 5.55. The molecule has 0 aliphatic carbocycles. The van der Waals surface area contributed by atoms with Crippen molar-refractivity contribution >= 4 is 15.9 Å². The van der Waals surface area contributed by atoms with Crippen LogP contribution in [-0.2, 0) is 13.5 Å². The molecule has 0 saturated carbocycles. The van der Waals surface area contributed by atoms with Crippen molar-refractivity contribution in [2.75, 3.05) is 0 Å². The Hall–Kier alpha value is -1.31. The largest absolute Gasteiger partial charge is 0.271 e. The maximum absolute atomic E-state index is 12.8. The highest BCUT2D eigenvalue weighted by Gasteiger charge is 2.19. The SMILES string of the molecule is Cn1nnc(Br)c1C(Cc1ccc(F)cc1)NN. The third-order valence-corrected chi connectivity index (χ3v) is 3.28. The van der Waals surface area contributed by atoms with Crippen LogP contribution in [0.15, 0.2) is 28.9 Å². The number of aromatic nitrogens is 3. The smallest absolute Gasteiger partial charge is 0.153 e. The highest BCUT2D eigenvalue weighted by Crippen LogP contribution is 2.23. The minimum atomic E-state index is -0.251. The number of hydrogen-bond donors (Lipinski definition) is 2. The summed E-state index contributed by atoms with van der Waals surface area (Å²) >= 11 is 3.33. The van der Waals surface area contributed by atoms with Gasteiger partial charge in [-0.25, -0.2) is 9.07 Å². The summed E-state index contributed by atoms with van der Waals surface area (Å²) in [6.07, 6.45) is 0.622. The molecule has 0 aliphatic rings. The molecular weight excluding hydrogens is 301 g/mol. The summed E-state index contributed by atoms with van der Waals surface area (Å²) in [6, 6.07) is 6.18. The van der Waals surface area contributed by atoms with Gasteiger partial charge in [-0.1, -0.05) is 17.3 Å². The zero-order valence-electron chi connectivity index (χ0n) is 9.77. The Kier molecular flexibility index (Phi) is 4.05. The Balaban J connectivity index is 2.22. The van der Waals surface area contributed by atoms with Gasteiger partial charge >= 0.3 is 0 Å². The summed E-state index contributed by atoms with van der Waals surface area (Å²) in [5.41, 5.74) is 4.55. The number of nitrogens with zero attached hydrogens (tertiary/aromatic N) is 3. The standard InChI is InChI=1S/C11H13BrFN5/c1-18-10(11(12)16-17-18)9(15-14)6-7-2-4-8(13)5-3-7/h2-5,9,15H,6,14H2,1H3. The van der Waals surface area contributed by atoms with Crippen LogP contribution in [0.5, 0.6) is 0 Å². The normalized spacial score (nSPS) is 12.7. The molecule has 1 unspecified atom stereocenters. The van der Waals surface area contributed by atoms with Crippen molar-refractivity contribution in [1.29, 1.82) is 0 Å². The fraction of sp³-hybridized carbons (Fsp3) is 0.273. The van der Waals surface area contributed by atoms with E-state index in [0.717, 1.165) is 11.3 Å². The summed E-state index contributed by atoms with van der Waals surface area (Å²) in [5, 5.41) is 7.82. The van der Waals surface area contributed by atoms with E-state index in [-0.39, 0.29) is 11.9 Å². The van der Waals surface area contributed by atoms with Gasteiger partial charge in [0.1, 0.15) is 5.82 Å². The van der Waals surface area contributed by atoms with Crippen LogP contribution in [0, 0.1) is 5.82 Å². The predicted octanol–water partition coefficient (Wildman–Crippen LogP) is 1.46. The molecule has 1 aromatic carbocycles. The summed E-state index contributed by atoms with van der Waals surface area (Å²) in [7, 11) is 1.79. The lowest BCUT2D eigenvalue weighted by Gasteiger charge is -2.16. The quantitative estimate of drug-likeness (QED) is 0.662. The highest BCUT2D eigenvalue weighted by molar-refractivity contribution is 9.10. The van der Waals surface area contributed by atoms with E-state index in [1.165, 1.54) is 12.1 Å². The van der Waals surface area contributed by atoms with E-state index < -0.39 is 0 Å². The average molecular weight is 314 g/mol. The molecular formula is C11H13BrFN5. The van der Waals surface area contributed by atoms with Gasteiger partial charge in [-0.05, 0) is 40.0 Å². The van der Waals surface area contributed by atoms with Crippen molar-refractivity contribution in [2.24, 2.45) is 12.9 Å². The maximum Gasteiger partial charge on any atom is 0.153 e. The second-order valence-electron chi connectivity index (χ2n) is 3.94. The maximum atomic E-state index is 12.8. The van der Waals surface area contributed by atoms with E-state index >= 15 is 0 Å². The first-order valence-corrected chi connectivity index (χ1v) is 6.16. The van der Waals surface area contributed by atoms with E-state index in [1.807, 2.05) is 0 Å². The Morgan fingerprint density at radius 2 is 2.11 bits per heavy atom. The van der Waals surface area contributed by atoms with Crippen molar-refractivity contribution in [3.63, 3.8) is 0 Å². The molecule has 2 aromatic rings. The van der Waals surface area contributed by atoms with Crippen LogP contribution in [0.4, 0.5) is 4.39 Å². The van der Waals surface area contributed by atoms with Gasteiger partial charge in [0.25, 0.3) is 0 Å². The lowest BCUT2D eigenvalue weighted by Crippen LogP contribution is -2.31. The molecule has 5 nitrogen and oxygen atoms in total. The van der Waals surface area contributed by atoms with Crippen molar-refractivity contribution in [3.05, 3.63) is 45.9 Å². The molecule has 0 fully saturated rings. The lowest BCUT2D eigenvalue weighted by molar-refractivity contribution is 0.505. The van der Waals surface area contributed by atoms with E-state index in [2.05, 4.69) is 31.7 Å². The van der Waals surface area contributed by atoms with Gasteiger partial charge in [0.2, 0.25) is 0 Å². The number of hydrogen-bond acceptors (Lipinski definition) is 4. The lowest BCUT2D eigenvalue weighted by atomic mass is 10.0. The molecule has 96 valence electrons. The molecule has 2 rings (SSSR count). The van der Waals surface area contributed by atoms with Gasteiger partial charge in [0.15, 0.2) is 4.60 Å². The molecule has 18 heavy (non-hydrogen) atoms. The monoisotopic (exact) mass is 313 g/mol.